The summed E-state index contributed by atoms with van der Waals surface area (Å²) in [5.41, 5.74) is 0.713. The van der Waals surface area contributed by atoms with Gasteiger partial charge in [0.05, 0.1) is 5.69 Å². The molecule has 0 bridgehead atoms. The van der Waals surface area contributed by atoms with Crippen molar-refractivity contribution in [1.29, 1.82) is 0 Å². The Morgan fingerprint density at radius 1 is 1.35 bits per heavy atom. The van der Waals surface area contributed by atoms with Gasteiger partial charge in [-0.3, -0.25) is 9.78 Å². The molecule has 1 spiro atoms. The summed E-state index contributed by atoms with van der Waals surface area (Å²) in [5, 5.41) is 0. The third kappa shape index (κ3) is 3.13. The number of amides is 1. The highest BCUT2D eigenvalue weighted by Gasteiger charge is 2.48. The Morgan fingerprint density at radius 3 is 2.61 bits per heavy atom. The highest BCUT2D eigenvalue weighted by molar-refractivity contribution is 9.10. The second kappa shape index (κ2) is 5.58. The second-order valence-electron chi connectivity index (χ2n) is 7.40. The van der Waals surface area contributed by atoms with Crippen molar-refractivity contribution in [2.45, 2.75) is 45.6 Å². The van der Waals surface area contributed by atoms with Crippen molar-refractivity contribution in [2.75, 3.05) is 13.1 Å². The minimum absolute atomic E-state index is 0.171. The maximum absolute atomic E-state index is 12.8. The summed E-state index contributed by atoms with van der Waals surface area (Å²) in [6.45, 7) is 6.68. The van der Waals surface area contributed by atoms with Gasteiger partial charge < -0.3 is 9.64 Å². The number of hydrogen-bond acceptors (Lipinski definition) is 4. The molecule has 2 aliphatic rings. The van der Waals surface area contributed by atoms with E-state index < -0.39 is 11.0 Å². The largest absolute Gasteiger partial charge is 0.444 e. The van der Waals surface area contributed by atoms with Gasteiger partial charge >= 0.3 is 6.09 Å². The predicted octanol–water partition coefficient (Wildman–Crippen LogP) is 3.60. The predicted molar refractivity (Wildman–Crippen MR) is 89.4 cm³/mol. The van der Waals surface area contributed by atoms with E-state index in [2.05, 4.69) is 20.9 Å². The summed E-state index contributed by atoms with van der Waals surface area (Å²) in [5.74, 6) is 0.171. The quantitative estimate of drug-likeness (QED) is 0.689. The van der Waals surface area contributed by atoms with Crippen LogP contribution in [0.5, 0.6) is 0 Å². The number of fused-ring (bicyclic) bond motifs is 1. The molecule has 1 saturated heterocycles. The lowest BCUT2D eigenvalue weighted by molar-refractivity contribution is 0.0113. The fourth-order valence-electron chi connectivity index (χ4n) is 3.34. The number of rotatable bonds is 0. The van der Waals surface area contributed by atoms with E-state index in [1.807, 2.05) is 26.8 Å². The highest BCUT2D eigenvalue weighted by atomic mass is 79.9. The molecule has 0 unspecified atom stereocenters. The Labute approximate surface area is 144 Å². The molecular weight excluding hydrogens is 360 g/mol. The molecule has 0 N–H and O–H groups in total. The molecule has 5 nitrogen and oxygen atoms in total. The zero-order valence-electron chi connectivity index (χ0n) is 13.7. The van der Waals surface area contributed by atoms with Crippen molar-refractivity contribution in [3.63, 3.8) is 0 Å². The molecule has 1 aromatic rings. The molecule has 0 radical (unpaired) electrons. The number of nitrogens with zero attached hydrogens (tertiary/aromatic N) is 2. The summed E-state index contributed by atoms with van der Waals surface area (Å²) in [6, 6.07) is 1.86. The molecule has 124 valence electrons. The Kier molecular flexibility index (Phi) is 3.99. The Bertz CT molecular complexity index is 658. The fraction of sp³-hybridized carbons (Fsp3) is 0.588. The van der Waals surface area contributed by atoms with E-state index >= 15 is 0 Å². The van der Waals surface area contributed by atoms with E-state index in [0.717, 1.165) is 15.7 Å². The van der Waals surface area contributed by atoms with Crippen molar-refractivity contribution >= 4 is 27.8 Å². The normalized spacial score (nSPS) is 19.8. The lowest BCUT2D eigenvalue weighted by Gasteiger charge is -2.38. The molecule has 1 fully saturated rings. The van der Waals surface area contributed by atoms with Crippen LogP contribution in [-0.4, -0.2) is 40.5 Å². The molecular formula is C17H21BrN2O3. The number of aromatic nitrogens is 1. The van der Waals surface area contributed by atoms with Crippen molar-refractivity contribution in [2.24, 2.45) is 5.41 Å². The van der Waals surface area contributed by atoms with E-state index in [1.54, 1.807) is 11.1 Å². The number of hydrogen-bond donors (Lipinski definition) is 0. The summed E-state index contributed by atoms with van der Waals surface area (Å²) < 4.78 is 6.24. The second-order valence-corrected chi connectivity index (χ2v) is 8.32. The number of piperidine rings is 1. The van der Waals surface area contributed by atoms with Crippen molar-refractivity contribution in [3.05, 3.63) is 28.0 Å². The monoisotopic (exact) mass is 380 g/mol. The van der Waals surface area contributed by atoms with Crippen LogP contribution in [0.4, 0.5) is 4.79 Å². The Morgan fingerprint density at radius 2 is 2.00 bits per heavy atom. The molecule has 2 heterocycles. The summed E-state index contributed by atoms with van der Waals surface area (Å²) in [6.07, 6.45) is 3.45. The van der Waals surface area contributed by atoms with Gasteiger partial charge in [-0.25, -0.2) is 4.79 Å². The van der Waals surface area contributed by atoms with Gasteiger partial charge in [0, 0.05) is 41.2 Å². The highest BCUT2D eigenvalue weighted by Crippen LogP contribution is 2.44. The minimum Gasteiger partial charge on any atom is -0.444 e. The average molecular weight is 381 g/mol. The van der Waals surface area contributed by atoms with Crippen LogP contribution in [0.25, 0.3) is 0 Å². The molecule has 3 rings (SSSR count). The Balaban J connectivity index is 1.70. The molecule has 23 heavy (non-hydrogen) atoms. The molecule has 1 aliphatic heterocycles. The van der Waals surface area contributed by atoms with E-state index in [0.29, 0.717) is 32.4 Å². The van der Waals surface area contributed by atoms with Crippen molar-refractivity contribution in [1.82, 2.24) is 9.88 Å². The number of ether oxygens (including phenoxy) is 1. The smallest absolute Gasteiger partial charge is 0.410 e. The van der Waals surface area contributed by atoms with Gasteiger partial charge in [0.1, 0.15) is 5.60 Å². The van der Waals surface area contributed by atoms with E-state index in [1.165, 1.54) is 0 Å². The number of ketones is 1. The molecule has 1 aliphatic carbocycles. The van der Waals surface area contributed by atoms with E-state index in [9.17, 15) is 9.59 Å². The molecule has 0 aromatic carbocycles. The van der Waals surface area contributed by atoms with Crippen LogP contribution in [0.2, 0.25) is 0 Å². The lowest BCUT2D eigenvalue weighted by Crippen LogP contribution is -2.47. The van der Waals surface area contributed by atoms with Gasteiger partial charge in [-0.2, -0.15) is 0 Å². The summed E-state index contributed by atoms with van der Waals surface area (Å²) >= 11 is 3.38. The van der Waals surface area contributed by atoms with Gasteiger partial charge in [-0.15, -0.1) is 0 Å². The maximum atomic E-state index is 12.8. The van der Waals surface area contributed by atoms with Crippen molar-refractivity contribution < 1.29 is 14.3 Å². The van der Waals surface area contributed by atoms with Gasteiger partial charge in [-0.05, 0) is 55.6 Å². The van der Waals surface area contributed by atoms with E-state index in [4.69, 9.17) is 4.74 Å². The number of Topliss-reactive ketones (excluding diaryl/α,β-unsaturated/α-hetero) is 1. The topological polar surface area (TPSA) is 59.5 Å². The Hall–Kier alpha value is -1.43. The van der Waals surface area contributed by atoms with Gasteiger partial charge in [0.15, 0.2) is 5.78 Å². The third-order valence-electron chi connectivity index (χ3n) is 4.54. The number of carbonyl (C=O) groups is 2. The first-order valence-corrected chi connectivity index (χ1v) is 8.67. The molecule has 1 aromatic heterocycles. The zero-order valence-corrected chi connectivity index (χ0v) is 15.3. The number of likely N-dealkylation sites (tertiary alicyclic amines) is 1. The van der Waals surface area contributed by atoms with Crippen LogP contribution in [0.3, 0.4) is 0 Å². The van der Waals surface area contributed by atoms with E-state index in [-0.39, 0.29) is 11.9 Å². The maximum Gasteiger partial charge on any atom is 0.410 e. The van der Waals surface area contributed by atoms with Gasteiger partial charge in [-0.1, -0.05) is 0 Å². The van der Waals surface area contributed by atoms with Gasteiger partial charge in [0.25, 0.3) is 0 Å². The van der Waals surface area contributed by atoms with Gasteiger partial charge in [0.2, 0.25) is 0 Å². The lowest BCUT2D eigenvalue weighted by atomic mass is 9.75. The third-order valence-corrected chi connectivity index (χ3v) is 4.97. The number of pyridine rings is 1. The minimum atomic E-state index is -0.498. The van der Waals surface area contributed by atoms with Crippen LogP contribution in [0.1, 0.15) is 49.7 Å². The molecule has 0 saturated carbocycles. The standard InChI is InChI=1S/C17H21BrN2O3/c1-16(2,3)23-15(22)20-6-4-17(5-7-20)9-13-12(14(17)21)8-11(18)10-19-13/h8,10H,4-7,9H2,1-3H3. The van der Waals surface area contributed by atoms with Crippen LogP contribution < -0.4 is 0 Å². The number of halogens is 1. The van der Waals surface area contributed by atoms with Crippen LogP contribution in [0.15, 0.2) is 16.7 Å². The zero-order chi connectivity index (χ0) is 16.8. The summed E-state index contributed by atoms with van der Waals surface area (Å²) in [7, 11) is 0. The molecule has 1 amide bonds. The molecule has 6 heteroatoms. The van der Waals surface area contributed by atoms with Crippen LogP contribution in [-0.2, 0) is 11.2 Å². The first kappa shape index (κ1) is 16.4. The summed E-state index contributed by atoms with van der Waals surface area (Å²) in [4.78, 5) is 31.1. The first-order chi connectivity index (χ1) is 10.7. The van der Waals surface area contributed by atoms with Crippen LogP contribution >= 0.6 is 15.9 Å². The number of carbonyl (C=O) groups excluding carboxylic acids is 2. The average Bonchev–Trinajstić information content (AvgIpc) is 2.71. The SMILES string of the molecule is CC(C)(C)OC(=O)N1CCC2(CC1)Cc1ncc(Br)cc1C2=O. The van der Waals surface area contributed by atoms with Crippen molar-refractivity contribution in [3.8, 4) is 0 Å². The molecule has 0 atom stereocenters. The fourth-order valence-corrected chi connectivity index (χ4v) is 3.67. The van der Waals surface area contributed by atoms with Crippen LogP contribution in [0, 0.1) is 5.41 Å². The first-order valence-electron chi connectivity index (χ1n) is 7.87.